The summed E-state index contributed by atoms with van der Waals surface area (Å²) in [6.07, 6.45) is 0. The van der Waals surface area contributed by atoms with E-state index in [1.807, 2.05) is 6.92 Å². The number of carbonyl (C=O) groups excluding carboxylic acids is 3. The summed E-state index contributed by atoms with van der Waals surface area (Å²) in [5.41, 5.74) is 1.26. The summed E-state index contributed by atoms with van der Waals surface area (Å²) in [4.78, 5) is 37.0. The van der Waals surface area contributed by atoms with Gasteiger partial charge in [-0.1, -0.05) is 37.6 Å². The number of carbonyl (C=O) groups is 3. The maximum atomic E-state index is 12.5. The lowest BCUT2D eigenvalue weighted by molar-refractivity contribution is -0.151. The predicted molar refractivity (Wildman–Crippen MR) is 118 cm³/mol. The summed E-state index contributed by atoms with van der Waals surface area (Å²) < 4.78 is 10.5. The maximum Gasteiger partial charge on any atom is 0.329 e. The van der Waals surface area contributed by atoms with Gasteiger partial charge >= 0.3 is 5.97 Å². The average molecular weight is 447 g/mol. The molecular weight excluding hydrogens is 420 g/mol. The van der Waals surface area contributed by atoms with Gasteiger partial charge in [-0.2, -0.15) is 0 Å². The molecule has 0 aliphatic rings. The zero-order valence-corrected chi connectivity index (χ0v) is 18.6. The number of amides is 2. The van der Waals surface area contributed by atoms with Gasteiger partial charge in [0.2, 0.25) is 0 Å². The molecule has 2 aromatic carbocycles. The van der Waals surface area contributed by atoms with Gasteiger partial charge < -0.3 is 20.1 Å². The molecule has 2 amide bonds. The molecule has 0 heterocycles. The standard InChI is InChI=1S/C23H27ClN2O5/c1-4-30-19-11-7-17(8-12-19)22(28)26-21(15(2)3)23(29)31-14-20(27)25-13-16-5-9-18(24)10-6-16/h5-12,15,21H,4,13-14H2,1-3H3,(H,25,27)(H,26,28)/t21-/m0/s1. The Bertz CT molecular complexity index is 882. The van der Waals surface area contributed by atoms with Gasteiger partial charge in [-0.25, -0.2) is 4.79 Å². The van der Waals surface area contributed by atoms with Crippen LogP contribution in [-0.2, 0) is 20.9 Å². The van der Waals surface area contributed by atoms with E-state index in [2.05, 4.69) is 10.6 Å². The minimum atomic E-state index is -0.886. The third-order valence-electron chi connectivity index (χ3n) is 4.38. The summed E-state index contributed by atoms with van der Waals surface area (Å²) in [5.74, 6) is -1.09. The first-order valence-corrected chi connectivity index (χ1v) is 10.4. The van der Waals surface area contributed by atoms with Crippen molar-refractivity contribution in [1.29, 1.82) is 0 Å². The Morgan fingerprint density at radius 1 is 1.00 bits per heavy atom. The SMILES string of the molecule is CCOc1ccc(C(=O)N[C@H](C(=O)OCC(=O)NCc2ccc(Cl)cc2)C(C)C)cc1. The van der Waals surface area contributed by atoms with Crippen molar-refractivity contribution >= 4 is 29.4 Å². The Hall–Kier alpha value is -3.06. The second kappa shape index (κ2) is 12.0. The largest absolute Gasteiger partial charge is 0.494 e. The van der Waals surface area contributed by atoms with Crippen LogP contribution in [0.15, 0.2) is 48.5 Å². The highest BCUT2D eigenvalue weighted by Gasteiger charge is 2.26. The van der Waals surface area contributed by atoms with Crippen LogP contribution < -0.4 is 15.4 Å². The number of rotatable bonds is 10. The predicted octanol–water partition coefficient (Wildman–Crippen LogP) is 3.35. The normalized spacial score (nSPS) is 11.5. The first kappa shape index (κ1) is 24.2. The van der Waals surface area contributed by atoms with Gasteiger partial charge in [0.25, 0.3) is 11.8 Å². The average Bonchev–Trinajstić information content (AvgIpc) is 2.75. The van der Waals surface area contributed by atoms with Crippen molar-refractivity contribution in [2.45, 2.75) is 33.4 Å². The third-order valence-corrected chi connectivity index (χ3v) is 4.64. The fourth-order valence-electron chi connectivity index (χ4n) is 2.67. The van der Waals surface area contributed by atoms with Gasteiger partial charge in [-0.3, -0.25) is 9.59 Å². The molecule has 0 aliphatic carbocycles. The molecular formula is C23H27ClN2O5. The van der Waals surface area contributed by atoms with E-state index >= 15 is 0 Å². The first-order valence-electron chi connectivity index (χ1n) is 10.0. The smallest absolute Gasteiger partial charge is 0.329 e. The van der Waals surface area contributed by atoms with Gasteiger partial charge in [-0.05, 0) is 54.8 Å². The van der Waals surface area contributed by atoms with Gasteiger partial charge in [0.05, 0.1) is 6.61 Å². The molecule has 1 atom stereocenters. The second-order valence-electron chi connectivity index (χ2n) is 7.16. The summed E-state index contributed by atoms with van der Waals surface area (Å²) in [7, 11) is 0. The number of hydrogen-bond acceptors (Lipinski definition) is 5. The Labute approximate surface area is 187 Å². The molecule has 7 nitrogen and oxygen atoms in total. The quantitative estimate of drug-likeness (QED) is 0.546. The lowest BCUT2D eigenvalue weighted by Gasteiger charge is -2.21. The molecule has 0 aliphatic heterocycles. The van der Waals surface area contributed by atoms with Crippen molar-refractivity contribution in [2.75, 3.05) is 13.2 Å². The monoisotopic (exact) mass is 446 g/mol. The van der Waals surface area contributed by atoms with E-state index in [0.717, 1.165) is 5.56 Å². The van der Waals surface area contributed by atoms with Gasteiger partial charge in [0, 0.05) is 17.1 Å². The fraction of sp³-hybridized carbons (Fsp3) is 0.348. The van der Waals surface area contributed by atoms with Crippen LogP contribution >= 0.6 is 11.6 Å². The summed E-state index contributed by atoms with van der Waals surface area (Å²) in [5, 5.41) is 5.95. The van der Waals surface area contributed by atoms with Crippen LogP contribution in [0.1, 0.15) is 36.7 Å². The molecule has 166 valence electrons. The Morgan fingerprint density at radius 3 is 2.23 bits per heavy atom. The highest BCUT2D eigenvalue weighted by molar-refractivity contribution is 6.30. The second-order valence-corrected chi connectivity index (χ2v) is 7.60. The molecule has 0 bridgehead atoms. The maximum absolute atomic E-state index is 12.5. The van der Waals surface area contributed by atoms with E-state index < -0.39 is 30.4 Å². The minimum Gasteiger partial charge on any atom is -0.494 e. The number of nitrogens with one attached hydrogen (secondary N) is 2. The summed E-state index contributed by atoms with van der Waals surface area (Å²) in [6.45, 7) is 5.82. The molecule has 2 aromatic rings. The van der Waals surface area contributed by atoms with Gasteiger partial charge in [-0.15, -0.1) is 0 Å². The molecule has 2 rings (SSSR count). The van der Waals surface area contributed by atoms with Crippen LogP contribution in [0.3, 0.4) is 0 Å². The molecule has 0 aromatic heterocycles. The van der Waals surface area contributed by atoms with Gasteiger partial charge in [0.1, 0.15) is 11.8 Å². The van der Waals surface area contributed by atoms with Crippen molar-refractivity contribution in [3.63, 3.8) is 0 Å². The van der Waals surface area contributed by atoms with Crippen LogP contribution in [0.4, 0.5) is 0 Å². The number of halogens is 1. The zero-order chi connectivity index (χ0) is 22.8. The molecule has 8 heteroatoms. The number of benzene rings is 2. The highest BCUT2D eigenvalue weighted by atomic mass is 35.5. The molecule has 0 saturated heterocycles. The Morgan fingerprint density at radius 2 is 1.65 bits per heavy atom. The van der Waals surface area contributed by atoms with Crippen molar-refractivity contribution in [1.82, 2.24) is 10.6 Å². The van der Waals surface area contributed by atoms with E-state index in [9.17, 15) is 14.4 Å². The van der Waals surface area contributed by atoms with E-state index in [1.165, 1.54) is 0 Å². The van der Waals surface area contributed by atoms with Crippen LogP contribution in [0, 0.1) is 5.92 Å². The van der Waals surface area contributed by atoms with Crippen molar-refractivity contribution in [3.8, 4) is 5.75 Å². The van der Waals surface area contributed by atoms with E-state index in [0.29, 0.717) is 22.9 Å². The molecule has 0 fully saturated rings. The van der Waals surface area contributed by atoms with E-state index in [1.54, 1.807) is 62.4 Å². The van der Waals surface area contributed by atoms with Crippen LogP contribution in [0.5, 0.6) is 5.75 Å². The molecule has 2 N–H and O–H groups in total. The van der Waals surface area contributed by atoms with Crippen LogP contribution in [-0.4, -0.2) is 37.0 Å². The van der Waals surface area contributed by atoms with Crippen molar-refractivity contribution < 1.29 is 23.9 Å². The molecule has 0 unspecified atom stereocenters. The van der Waals surface area contributed by atoms with E-state index in [4.69, 9.17) is 21.1 Å². The lowest BCUT2D eigenvalue weighted by atomic mass is 10.0. The fourth-order valence-corrected chi connectivity index (χ4v) is 2.80. The Kier molecular flexibility index (Phi) is 9.34. The topological polar surface area (TPSA) is 93.7 Å². The van der Waals surface area contributed by atoms with Crippen molar-refractivity contribution in [2.24, 2.45) is 5.92 Å². The first-order chi connectivity index (χ1) is 14.8. The molecule has 31 heavy (non-hydrogen) atoms. The summed E-state index contributed by atoms with van der Waals surface area (Å²) >= 11 is 5.83. The van der Waals surface area contributed by atoms with Gasteiger partial charge in [0.15, 0.2) is 6.61 Å². The van der Waals surface area contributed by atoms with Crippen molar-refractivity contribution in [3.05, 3.63) is 64.7 Å². The minimum absolute atomic E-state index is 0.226. The number of hydrogen-bond donors (Lipinski definition) is 2. The lowest BCUT2D eigenvalue weighted by Crippen LogP contribution is -2.46. The zero-order valence-electron chi connectivity index (χ0n) is 17.8. The molecule has 0 saturated carbocycles. The number of ether oxygens (including phenoxy) is 2. The number of esters is 1. The van der Waals surface area contributed by atoms with E-state index in [-0.39, 0.29) is 12.5 Å². The summed E-state index contributed by atoms with van der Waals surface area (Å²) in [6, 6.07) is 12.8. The molecule has 0 radical (unpaired) electrons. The highest BCUT2D eigenvalue weighted by Crippen LogP contribution is 2.13. The third kappa shape index (κ3) is 7.94. The Balaban J connectivity index is 1.85. The van der Waals surface area contributed by atoms with Crippen LogP contribution in [0.2, 0.25) is 5.02 Å². The molecule has 0 spiro atoms. The van der Waals surface area contributed by atoms with Crippen LogP contribution in [0.25, 0.3) is 0 Å².